The van der Waals surface area contributed by atoms with Crippen LogP contribution in [0.15, 0.2) is 40.6 Å². The maximum absolute atomic E-state index is 12.9. The van der Waals surface area contributed by atoms with Crippen LogP contribution < -0.4 is 0 Å². The van der Waals surface area contributed by atoms with Crippen LogP contribution in [0.1, 0.15) is 33.6 Å². The number of rotatable bonds is 4. The van der Waals surface area contributed by atoms with E-state index in [9.17, 15) is 13.2 Å². The molecule has 4 nitrogen and oxygen atoms in total. The molecule has 2 heterocycles. The lowest BCUT2D eigenvalue weighted by Crippen LogP contribution is -2.40. The number of carbonyl (C=O) groups excluding carboxylic acids is 1. The molecule has 128 valence electrons. The lowest BCUT2D eigenvalue weighted by molar-refractivity contribution is 0.0879. The lowest BCUT2D eigenvalue weighted by atomic mass is 9.93. The fourth-order valence-corrected chi connectivity index (χ4v) is 5.63. The molecule has 24 heavy (non-hydrogen) atoms. The van der Waals surface area contributed by atoms with Crippen molar-refractivity contribution in [2.24, 2.45) is 5.92 Å². The van der Waals surface area contributed by atoms with Gasteiger partial charge in [0, 0.05) is 19.0 Å². The van der Waals surface area contributed by atoms with Gasteiger partial charge in [-0.15, -0.1) is 11.3 Å². The van der Waals surface area contributed by atoms with E-state index in [-0.39, 0.29) is 11.7 Å². The van der Waals surface area contributed by atoms with Crippen molar-refractivity contribution >= 4 is 27.1 Å². The summed E-state index contributed by atoms with van der Waals surface area (Å²) in [6, 6.07) is 9.11. The highest BCUT2D eigenvalue weighted by Gasteiger charge is 2.33. The van der Waals surface area contributed by atoms with Gasteiger partial charge in [-0.25, -0.2) is 8.42 Å². The number of Topliss-reactive ketones (excluding diaryl/α,β-unsaturated/α-hetero) is 1. The van der Waals surface area contributed by atoms with Gasteiger partial charge in [-0.05, 0) is 49.8 Å². The fraction of sp³-hybridized carbons (Fsp3) is 0.389. The first-order valence-electron chi connectivity index (χ1n) is 8.04. The van der Waals surface area contributed by atoms with Crippen LogP contribution in [0.25, 0.3) is 0 Å². The first kappa shape index (κ1) is 17.3. The van der Waals surface area contributed by atoms with Gasteiger partial charge in [-0.1, -0.05) is 23.8 Å². The molecule has 6 heteroatoms. The number of aryl methyl sites for hydroxylation is 2. The second kappa shape index (κ2) is 6.78. The van der Waals surface area contributed by atoms with Gasteiger partial charge in [0.05, 0.1) is 9.77 Å². The normalized spacial score (nSPS) is 17.1. The number of thiophene rings is 1. The molecular weight excluding hydrogens is 342 g/mol. The van der Waals surface area contributed by atoms with Gasteiger partial charge in [-0.3, -0.25) is 4.79 Å². The number of carbonyl (C=O) groups is 1. The van der Waals surface area contributed by atoms with Crippen molar-refractivity contribution in [3.05, 3.63) is 51.7 Å². The number of benzene rings is 1. The van der Waals surface area contributed by atoms with Crippen LogP contribution in [0.5, 0.6) is 0 Å². The average Bonchev–Trinajstić information content (AvgIpc) is 3.08. The van der Waals surface area contributed by atoms with Crippen molar-refractivity contribution in [2.45, 2.75) is 31.6 Å². The van der Waals surface area contributed by atoms with Crippen LogP contribution >= 0.6 is 11.3 Å². The zero-order valence-electron chi connectivity index (χ0n) is 13.9. The summed E-state index contributed by atoms with van der Waals surface area (Å²) in [6.45, 7) is 4.58. The summed E-state index contributed by atoms with van der Waals surface area (Å²) in [5.74, 6) is 0.0720. The SMILES string of the molecule is Cc1ccc(S(=O)(=O)N2CCC(C(=O)c3cccs3)CC2)c(C)c1. The Labute approximate surface area is 147 Å². The zero-order valence-corrected chi connectivity index (χ0v) is 15.5. The van der Waals surface area contributed by atoms with Crippen molar-refractivity contribution < 1.29 is 13.2 Å². The summed E-state index contributed by atoms with van der Waals surface area (Å²) in [6.07, 6.45) is 1.17. The minimum Gasteiger partial charge on any atom is -0.293 e. The third-order valence-corrected chi connectivity index (χ3v) is 7.48. The second-order valence-electron chi connectivity index (χ2n) is 6.29. The van der Waals surface area contributed by atoms with E-state index in [0.717, 1.165) is 16.0 Å². The number of piperidine rings is 1. The van der Waals surface area contributed by atoms with E-state index in [4.69, 9.17) is 0 Å². The Hall–Kier alpha value is -1.50. The van der Waals surface area contributed by atoms with Crippen molar-refractivity contribution in [3.8, 4) is 0 Å². The van der Waals surface area contributed by atoms with Crippen LogP contribution in [-0.4, -0.2) is 31.6 Å². The predicted molar refractivity (Wildman–Crippen MR) is 96.0 cm³/mol. The minimum absolute atomic E-state index is 0.0748. The first-order chi connectivity index (χ1) is 11.4. The highest BCUT2D eigenvalue weighted by Crippen LogP contribution is 2.28. The molecule has 1 aliphatic rings. The van der Waals surface area contributed by atoms with Crippen molar-refractivity contribution in [1.82, 2.24) is 4.31 Å². The maximum atomic E-state index is 12.9. The molecule has 0 saturated carbocycles. The number of sulfonamides is 1. The molecule has 1 aromatic heterocycles. The number of ketones is 1. The maximum Gasteiger partial charge on any atom is 0.243 e. The van der Waals surface area contributed by atoms with E-state index >= 15 is 0 Å². The van der Waals surface area contributed by atoms with Crippen molar-refractivity contribution in [2.75, 3.05) is 13.1 Å². The van der Waals surface area contributed by atoms with Gasteiger partial charge in [-0.2, -0.15) is 4.31 Å². The Morgan fingerprint density at radius 2 is 1.88 bits per heavy atom. The smallest absolute Gasteiger partial charge is 0.243 e. The van der Waals surface area contributed by atoms with E-state index in [1.165, 1.54) is 15.6 Å². The van der Waals surface area contributed by atoms with Crippen LogP contribution in [0.4, 0.5) is 0 Å². The van der Waals surface area contributed by atoms with Crippen LogP contribution in [-0.2, 0) is 10.0 Å². The van der Waals surface area contributed by atoms with Crippen LogP contribution in [0.3, 0.4) is 0 Å². The van der Waals surface area contributed by atoms with Gasteiger partial charge < -0.3 is 0 Å². The molecule has 2 aromatic rings. The predicted octanol–water partition coefficient (Wildman–Crippen LogP) is 3.65. The van der Waals surface area contributed by atoms with Gasteiger partial charge in [0.25, 0.3) is 0 Å². The highest BCUT2D eigenvalue weighted by molar-refractivity contribution is 7.89. The zero-order chi connectivity index (χ0) is 17.3. The lowest BCUT2D eigenvalue weighted by Gasteiger charge is -2.30. The molecule has 1 saturated heterocycles. The summed E-state index contributed by atoms with van der Waals surface area (Å²) >= 11 is 1.45. The monoisotopic (exact) mass is 363 g/mol. The van der Waals surface area contributed by atoms with E-state index in [0.29, 0.717) is 30.8 Å². The largest absolute Gasteiger partial charge is 0.293 e. The molecule has 0 unspecified atom stereocenters. The fourth-order valence-electron chi connectivity index (χ4n) is 3.21. The minimum atomic E-state index is -3.49. The Bertz CT molecular complexity index is 833. The molecule has 0 atom stereocenters. The standard InChI is InChI=1S/C18H21NO3S2/c1-13-5-6-17(14(2)12-13)24(21,22)19-9-7-15(8-10-19)18(20)16-4-3-11-23-16/h3-6,11-12,15H,7-10H2,1-2H3. The Morgan fingerprint density at radius 1 is 1.17 bits per heavy atom. The third-order valence-electron chi connectivity index (χ3n) is 4.54. The number of nitrogens with zero attached hydrogens (tertiary/aromatic N) is 1. The van der Waals surface area contributed by atoms with E-state index in [2.05, 4.69) is 0 Å². The Balaban J connectivity index is 1.73. The van der Waals surface area contributed by atoms with Gasteiger partial charge in [0.2, 0.25) is 10.0 Å². The third kappa shape index (κ3) is 3.31. The second-order valence-corrected chi connectivity index (χ2v) is 9.14. The number of hydrogen-bond acceptors (Lipinski definition) is 4. The molecule has 0 spiro atoms. The van der Waals surface area contributed by atoms with E-state index in [1.54, 1.807) is 6.07 Å². The Kier molecular flexibility index (Phi) is 4.90. The molecule has 0 aliphatic carbocycles. The molecule has 1 aliphatic heterocycles. The van der Waals surface area contributed by atoms with E-state index < -0.39 is 10.0 Å². The summed E-state index contributed by atoms with van der Waals surface area (Å²) in [5, 5.41) is 1.90. The summed E-state index contributed by atoms with van der Waals surface area (Å²) < 4.78 is 27.3. The van der Waals surface area contributed by atoms with Gasteiger partial charge >= 0.3 is 0 Å². The summed E-state index contributed by atoms with van der Waals surface area (Å²) in [7, 11) is -3.49. The molecule has 0 amide bonds. The molecular formula is C18H21NO3S2. The molecule has 0 N–H and O–H groups in total. The highest BCUT2D eigenvalue weighted by atomic mass is 32.2. The van der Waals surface area contributed by atoms with Crippen LogP contribution in [0.2, 0.25) is 0 Å². The molecule has 3 rings (SSSR count). The molecule has 0 bridgehead atoms. The van der Waals surface area contributed by atoms with Crippen molar-refractivity contribution in [3.63, 3.8) is 0 Å². The van der Waals surface area contributed by atoms with Crippen molar-refractivity contribution in [1.29, 1.82) is 0 Å². The summed E-state index contributed by atoms with van der Waals surface area (Å²) in [4.78, 5) is 13.6. The van der Waals surface area contributed by atoms with Gasteiger partial charge in [0.1, 0.15) is 0 Å². The molecule has 1 fully saturated rings. The first-order valence-corrected chi connectivity index (χ1v) is 10.4. The molecule has 1 aromatic carbocycles. The quantitative estimate of drug-likeness (QED) is 0.779. The van der Waals surface area contributed by atoms with Gasteiger partial charge in [0.15, 0.2) is 5.78 Å². The topological polar surface area (TPSA) is 54.5 Å². The van der Waals surface area contributed by atoms with Crippen LogP contribution in [0, 0.1) is 19.8 Å². The molecule has 0 radical (unpaired) electrons. The Morgan fingerprint density at radius 3 is 2.46 bits per heavy atom. The summed E-state index contributed by atoms with van der Waals surface area (Å²) in [5.41, 5.74) is 1.82. The number of hydrogen-bond donors (Lipinski definition) is 0. The van der Waals surface area contributed by atoms with E-state index in [1.807, 2.05) is 43.5 Å². The average molecular weight is 364 g/mol.